The minimum atomic E-state index is -0.431. The van der Waals surface area contributed by atoms with Gasteiger partial charge in [-0.1, -0.05) is 29.8 Å². The van der Waals surface area contributed by atoms with Crippen LogP contribution in [0.25, 0.3) is 0 Å². The summed E-state index contributed by atoms with van der Waals surface area (Å²) in [5.41, 5.74) is 2.32. The lowest BCUT2D eigenvalue weighted by Gasteiger charge is -2.17. The number of para-hydroxylation sites is 1. The summed E-state index contributed by atoms with van der Waals surface area (Å²) >= 11 is 0. The van der Waals surface area contributed by atoms with Crippen LogP contribution in [0.1, 0.15) is 38.5 Å². The summed E-state index contributed by atoms with van der Waals surface area (Å²) in [6.45, 7) is 1.27. The molecular formula is C19H25N3O2. The normalized spacial score (nSPS) is 20.7. The second-order valence-corrected chi connectivity index (χ2v) is 6.43. The van der Waals surface area contributed by atoms with E-state index < -0.39 is 6.04 Å². The molecule has 1 heterocycles. The monoisotopic (exact) mass is 327 g/mol. The van der Waals surface area contributed by atoms with Gasteiger partial charge in [0.25, 0.3) is 0 Å². The molecule has 24 heavy (non-hydrogen) atoms. The SMILES string of the molecule is O=C(NCCC1=CCCCC1)NC1CCN(c2ccccc2)C1=O. The molecular weight excluding hydrogens is 302 g/mol. The number of nitrogens with one attached hydrogen (secondary N) is 2. The van der Waals surface area contributed by atoms with E-state index in [4.69, 9.17) is 0 Å². The van der Waals surface area contributed by atoms with E-state index in [1.807, 2.05) is 30.3 Å². The van der Waals surface area contributed by atoms with E-state index >= 15 is 0 Å². The molecule has 1 aliphatic carbocycles. The first-order valence-corrected chi connectivity index (χ1v) is 8.83. The van der Waals surface area contributed by atoms with Gasteiger partial charge in [-0.25, -0.2) is 4.79 Å². The highest BCUT2D eigenvalue weighted by Gasteiger charge is 2.33. The molecule has 0 aromatic heterocycles. The standard InChI is InChI=1S/C19H25N3O2/c23-18-17(12-14-22(18)16-9-5-2-6-10-16)21-19(24)20-13-11-15-7-3-1-4-8-15/h2,5-7,9-10,17H,1,3-4,8,11-14H2,(H2,20,21,24). The summed E-state index contributed by atoms with van der Waals surface area (Å²) < 4.78 is 0. The third-order valence-electron chi connectivity index (χ3n) is 4.70. The maximum absolute atomic E-state index is 12.4. The molecule has 5 nitrogen and oxygen atoms in total. The smallest absolute Gasteiger partial charge is 0.315 e. The topological polar surface area (TPSA) is 61.4 Å². The number of hydrogen-bond donors (Lipinski definition) is 2. The lowest BCUT2D eigenvalue weighted by atomic mass is 9.97. The molecule has 0 spiro atoms. The maximum Gasteiger partial charge on any atom is 0.315 e. The fraction of sp³-hybridized carbons (Fsp3) is 0.474. The first-order chi connectivity index (χ1) is 11.7. The van der Waals surface area contributed by atoms with Crippen LogP contribution < -0.4 is 15.5 Å². The first-order valence-electron chi connectivity index (χ1n) is 8.83. The van der Waals surface area contributed by atoms with Crippen LogP contribution in [0.5, 0.6) is 0 Å². The second kappa shape index (κ2) is 7.99. The minimum absolute atomic E-state index is 0.0358. The zero-order valence-electron chi connectivity index (χ0n) is 14.0. The number of carbonyl (C=O) groups excluding carboxylic acids is 2. The predicted octanol–water partition coefficient (Wildman–Crippen LogP) is 2.98. The predicted molar refractivity (Wildman–Crippen MR) is 94.9 cm³/mol. The van der Waals surface area contributed by atoms with Crippen molar-refractivity contribution in [3.05, 3.63) is 42.0 Å². The number of hydrogen-bond acceptors (Lipinski definition) is 2. The molecule has 0 saturated carbocycles. The summed E-state index contributed by atoms with van der Waals surface area (Å²) in [6.07, 6.45) is 8.68. The van der Waals surface area contributed by atoms with Gasteiger partial charge in [0, 0.05) is 18.8 Å². The van der Waals surface area contributed by atoms with Gasteiger partial charge in [-0.05, 0) is 50.7 Å². The molecule has 5 heteroatoms. The van der Waals surface area contributed by atoms with Crippen LogP contribution in [0.3, 0.4) is 0 Å². The molecule has 1 saturated heterocycles. The van der Waals surface area contributed by atoms with Crippen molar-refractivity contribution < 1.29 is 9.59 Å². The van der Waals surface area contributed by atoms with Gasteiger partial charge in [0.05, 0.1) is 0 Å². The molecule has 3 rings (SSSR count). The highest BCUT2D eigenvalue weighted by molar-refractivity contribution is 6.01. The molecule has 0 bridgehead atoms. The van der Waals surface area contributed by atoms with Crippen molar-refractivity contribution in [3.63, 3.8) is 0 Å². The van der Waals surface area contributed by atoms with Crippen molar-refractivity contribution in [2.75, 3.05) is 18.0 Å². The van der Waals surface area contributed by atoms with E-state index in [0.717, 1.165) is 24.9 Å². The van der Waals surface area contributed by atoms with Crippen LogP contribution in [-0.4, -0.2) is 31.1 Å². The zero-order valence-corrected chi connectivity index (χ0v) is 14.0. The maximum atomic E-state index is 12.4. The molecule has 2 aliphatic rings. The van der Waals surface area contributed by atoms with Crippen LogP contribution >= 0.6 is 0 Å². The highest BCUT2D eigenvalue weighted by atomic mass is 16.2. The van der Waals surface area contributed by atoms with Crippen LogP contribution in [0.2, 0.25) is 0 Å². The lowest BCUT2D eigenvalue weighted by molar-refractivity contribution is -0.118. The van der Waals surface area contributed by atoms with E-state index in [1.165, 1.54) is 18.4 Å². The number of anilines is 1. The quantitative estimate of drug-likeness (QED) is 0.817. The largest absolute Gasteiger partial charge is 0.338 e. The Bertz CT molecular complexity index is 612. The average molecular weight is 327 g/mol. The number of urea groups is 1. The van der Waals surface area contributed by atoms with Gasteiger partial charge in [-0.3, -0.25) is 4.79 Å². The van der Waals surface area contributed by atoms with Crippen molar-refractivity contribution in [2.24, 2.45) is 0 Å². The zero-order chi connectivity index (χ0) is 16.8. The summed E-state index contributed by atoms with van der Waals surface area (Å²) in [6, 6.07) is 8.90. The Morgan fingerprint density at radius 2 is 2.04 bits per heavy atom. The fourth-order valence-corrected chi connectivity index (χ4v) is 3.36. The molecule has 1 atom stereocenters. The van der Waals surface area contributed by atoms with Crippen molar-refractivity contribution >= 4 is 17.6 Å². The van der Waals surface area contributed by atoms with E-state index in [0.29, 0.717) is 19.5 Å². The van der Waals surface area contributed by atoms with Crippen molar-refractivity contribution in [2.45, 2.75) is 44.6 Å². The van der Waals surface area contributed by atoms with Gasteiger partial charge < -0.3 is 15.5 Å². The van der Waals surface area contributed by atoms with E-state index in [2.05, 4.69) is 16.7 Å². The third kappa shape index (κ3) is 4.16. The number of benzene rings is 1. The molecule has 1 fully saturated rings. The third-order valence-corrected chi connectivity index (χ3v) is 4.70. The van der Waals surface area contributed by atoms with Gasteiger partial charge in [0.15, 0.2) is 0 Å². The number of carbonyl (C=O) groups is 2. The molecule has 1 unspecified atom stereocenters. The Labute approximate surface area is 143 Å². The van der Waals surface area contributed by atoms with Crippen molar-refractivity contribution in [3.8, 4) is 0 Å². The summed E-state index contributed by atoms with van der Waals surface area (Å²) in [4.78, 5) is 26.2. The van der Waals surface area contributed by atoms with E-state index in [1.54, 1.807) is 4.90 Å². The van der Waals surface area contributed by atoms with Gasteiger partial charge in [-0.15, -0.1) is 0 Å². The Morgan fingerprint density at radius 3 is 2.79 bits per heavy atom. The second-order valence-electron chi connectivity index (χ2n) is 6.43. The number of rotatable bonds is 5. The Hall–Kier alpha value is -2.30. The summed E-state index contributed by atoms with van der Waals surface area (Å²) in [5, 5.41) is 5.68. The van der Waals surface area contributed by atoms with Crippen LogP contribution in [0, 0.1) is 0 Å². The lowest BCUT2D eigenvalue weighted by Crippen LogP contribution is -2.46. The van der Waals surface area contributed by atoms with Gasteiger partial charge >= 0.3 is 6.03 Å². The van der Waals surface area contributed by atoms with Gasteiger partial charge in [0.1, 0.15) is 6.04 Å². The Morgan fingerprint density at radius 1 is 1.21 bits per heavy atom. The molecule has 2 N–H and O–H groups in total. The van der Waals surface area contributed by atoms with Gasteiger partial charge in [-0.2, -0.15) is 0 Å². The van der Waals surface area contributed by atoms with E-state index in [9.17, 15) is 9.59 Å². The molecule has 3 amide bonds. The van der Waals surface area contributed by atoms with E-state index in [-0.39, 0.29) is 11.9 Å². The molecule has 1 aliphatic heterocycles. The number of nitrogens with zero attached hydrogens (tertiary/aromatic N) is 1. The number of allylic oxidation sites excluding steroid dienone is 1. The van der Waals surface area contributed by atoms with Gasteiger partial charge in [0.2, 0.25) is 5.91 Å². The van der Waals surface area contributed by atoms with Crippen LogP contribution in [0.15, 0.2) is 42.0 Å². The van der Waals surface area contributed by atoms with Crippen molar-refractivity contribution in [1.82, 2.24) is 10.6 Å². The first kappa shape index (κ1) is 16.6. The fourth-order valence-electron chi connectivity index (χ4n) is 3.36. The molecule has 1 aromatic carbocycles. The van der Waals surface area contributed by atoms with Crippen molar-refractivity contribution in [1.29, 1.82) is 0 Å². The Balaban J connectivity index is 1.43. The van der Waals surface area contributed by atoms with Crippen LogP contribution in [-0.2, 0) is 4.79 Å². The number of amides is 3. The average Bonchev–Trinajstić information content (AvgIpc) is 2.97. The highest BCUT2D eigenvalue weighted by Crippen LogP contribution is 2.21. The molecule has 0 radical (unpaired) electrons. The molecule has 128 valence electrons. The minimum Gasteiger partial charge on any atom is -0.338 e. The van der Waals surface area contributed by atoms with Crippen LogP contribution in [0.4, 0.5) is 10.5 Å². The molecule has 1 aromatic rings. The summed E-state index contributed by atoms with van der Waals surface area (Å²) in [5.74, 6) is -0.0358. The Kier molecular flexibility index (Phi) is 5.51. The summed E-state index contributed by atoms with van der Waals surface area (Å²) in [7, 11) is 0.